The van der Waals surface area contributed by atoms with E-state index in [1.165, 1.54) is 35.5 Å². The zero-order chi connectivity index (χ0) is 19.4. The van der Waals surface area contributed by atoms with E-state index in [0.29, 0.717) is 28.2 Å². The van der Waals surface area contributed by atoms with Crippen LogP contribution in [0.4, 0.5) is 5.69 Å². The Morgan fingerprint density at radius 3 is 2.63 bits per heavy atom. The number of aromatic hydroxyl groups is 1. The maximum atomic E-state index is 12.2. The summed E-state index contributed by atoms with van der Waals surface area (Å²) in [7, 11) is 1.48. The molecule has 140 valence electrons. The molecule has 0 unspecified atom stereocenters. The van der Waals surface area contributed by atoms with Crippen LogP contribution < -0.4 is 4.74 Å². The van der Waals surface area contributed by atoms with Gasteiger partial charge in [0.05, 0.1) is 24.8 Å². The molecule has 0 radical (unpaired) electrons. The number of amidine groups is 1. The van der Waals surface area contributed by atoms with Crippen molar-refractivity contribution in [1.29, 1.82) is 0 Å². The SMILES string of the molecule is COc1cc(/C=N/N2C(=O)CSC2=Nc2ccc(C(C)C)cc2)ccc1O. The van der Waals surface area contributed by atoms with Crippen molar-refractivity contribution < 1.29 is 14.6 Å². The molecule has 2 aromatic carbocycles. The summed E-state index contributed by atoms with van der Waals surface area (Å²) in [4.78, 5) is 16.7. The molecule has 2 aromatic rings. The molecule has 1 amide bonds. The quantitative estimate of drug-likeness (QED) is 0.788. The second-order valence-corrected chi connectivity index (χ2v) is 7.25. The van der Waals surface area contributed by atoms with Gasteiger partial charge >= 0.3 is 0 Å². The van der Waals surface area contributed by atoms with Crippen molar-refractivity contribution in [2.45, 2.75) is 19.8 Å². The van der Waals surface area contributed by atoms with E-state index in [-0.39, 0.29) is 11.7 Å². The zero-order valence-electron chi connectivity index (χ0n) is 15.4. The minimum atomic E-state index is -0.125. The smallest absolute Gasteiger partial charge is 0.259 e. The summed E-state index contributed by atoms with van der Waals surface area (Å²) in [6, 6.07) is 12.8. The molecular weight excluding hydrogens is 362 g/mol. The highest BCUT2D eigenvalue weighted by molar-refractivity contribution is 8.15. The number of hydrogen-bond acceptors (Lipinski definition) is 6. The minimum absolute atomic E-state index is 0.0505. The van der Waals surface area contributed by atoms with Crippen molar-refractivity contribution in [3.63, 3.8) is 0 Å². The van der Waals surface area contributed by atoms with Gasteiger partial charge in [-0.3, -0.25) is 4.79 Å². The van der Waals surface area contributed by atoms with Crippen molar-refractivity contribution in [3.8, 4) is 11.5 Å². The Kier molecular flexibility index (Phi) is 5.81. The molecule has 0 aliphatic carbocycles. The van der Waals surface area contributed by atoms with Crippen LogP contribution in [0.15, 0.2) is 52.6 Å². The van der Waals surface area contributed by atoms with E-state index >= 15 is 0 Å². The van der Waals surface area contributed by atoms with Gasteiger partial charge in [-0.2, -0.15) is 10.1 Å². The van der Waals surface area contributed by atoms with Gasteiger partial charge in [-0.25, -0.2) is 4.99 Å². The summed E-state index contributed by atoms with van der Waals surface area (Å²) < 4.78 is 5.09. The third-order valence-corrected chi connectivity index (χ3v) is 4.97. The first-order valence-electron chi connectivity index (χ1n) is 8.53. The standard InChI is InChI=1S/C20H21N3O3S/c1-13(2)15-5-7-16(8-6-15)22-20-23(19(25)12-27-20)21-11-14-4-9-17(24)18(10-14)26-3/h4-11,13,24H,12H2,1-3H3/b21-11+,22-20?. The van der Waals surface area contributed by atoms with Crippen LogP contribution in [0.25, 0.3) is 0 Å². The number of hydrazone groups is 1. The van der Waals surface area contributed by atoms with E-state index in [1.807, 2.05) is 24.3 Å². The lowest BCUT2D eigenvalue weighted by atomic mass is 10.0. The van der Waals surface area contributed by atoms with Crippen molar-refractivity contribution >= 4 is 34.7 Å². The van der Waals surface area contributed by atoms with Crippen LogP contribution in [0, 0.1) is 0 Å². The molecule has 1 saturated heterocycles. The molecule has 0 saturated carbocycles. The van der Waals surface area contributed by atoms with Gasteiger partial charge in [-0.15, -0.1) is 0 Å². The molecule has 1 aliphatic heterocycles. The number of ether oxygens (including phenoxy) is 1. The van der Waals surface area contributed by atoms with E-state index in [9.17, 15) is 9.90 Å². The lowest BCUT2D eigenvalue weighted by Crippen LogP contribution is -2.23. The van der Waals surface area contributed by atoms with Crippen molar-refractivity contribution in [1.82, 2.24) is 5.01 Å². The molecule has 0 atom stereocenters. The van der Waals surface area contributed by atoms with Crippen molar-refractivity contribution in [2.75, 3.05) is 12.9 Å². The maximum absolute atomic E-state index is 12.2. The Morgan fingerprint density at radius 1 is 1.22 bits per heavy atom. The van der Waals surface area contributed by atoms with Crippen LogP contribution >= 0.6 is 11.8 Å². The van der Waals surface area contributed by atoms with E-state index in [0.717, 1.165) is 5.69 Å². The van der Waals surface area contributed by atoms with Gasteiger partial charge in [0.1, 0.15) is 0 Å². The summed E-state index contributed by atoms with van der Waals surface area (Å²) in [5.41, 5.74) is 2.73. The van der Waals surface area contributed by atoms with Crippen LogP contribution in [0.2, 0.25) is 0 Å². The van der Waals surface area contributed by atoms with Gasteiger partial charge in [0.2, 0.25) is 0 Å². The molecule has 1 N–H and O–H groups in total. The number of benzene rings is 2. The number of carbonyl (C=O) groups is 1. The number of aliphatic imine (C=N–C) groups is 1. The van der Waals surface area contributed by atoms with Gasteiger partial charge < -0.3 is 9.84 Å². The fourth-order valence-corrected chi connectivity index (χ4v) is 3.31. The predicted octanol–water partition coefficient (Wildman–Crippen LogP) is 4.12. The lowest BCUT2D eigenvalue weighted by Gasteiger charge is -2.10. The molecule has 3 rings (SSSR count). The second kappa shape index (κ2) is 8.26. The number of phenolic OH excluding ortho intramolecular Hbond substituents is 1. The van der Waals surface area contributed by atoms with E-state index in [2.05, 4.69) is 23.9 Å². The Morgan fingerprint density at radius 2 is 1.96 bits per heavy atom. The topological polar surface area (TPSA) is 74.5 Å². The van der Waals surface area contributed by atoms with Gasteiger partial charge in [-0.1, -0.05) is 37.7 Å². The van der Waals surface area contributed by atoms with Crippen LogP contribution in [0.3, 0.4) is 0 Å². The first-order valence-corrected chi connectivity index (χ1v) is 9.52. The average molecular weight is 383 g/mol. The third kappa shape index (κ3) is 4.49. The van der Waals surface area contributed by atoms with Crippen LogP contribution in [-0.4, -0.2) is 40.3 Å². The summed E-state index contributed by atoms with van der Waals surface area (Å²) >= 11 is 1.36. The molecule has 1 aliphatic rings. The summed E-state index contributed by atoms with van der Waals surface area (Å²) in [6.45, 7) is 4.28. The predicted molar refractivity (Wildman–Crippen MR) is 109 cm³/mol. The molecule has 6 nitrogen and oxygen atoms in total. The van der Waals surface area contributed by atoms with Crippen molar-refractivity contribution in [3.05, 3.63) is 53.6 Å². The Balaban J connectivity index is 1.81. The number of carbonyl (C=O) groups excluding carboxylic acids is 1. The largest absolute Gasteiger partial charge is 0.504 e. The lowest BCUT2D eigenvalue weighted by molar-refractivity contribution is -0.124. The Hall–Kier alpha value is -2.80. The molecule has 1 fully saturated rings. The molecule has 1 heterocycles. The molecule has 27 heavy (non-hydrogen) atoms. The average Bonchev–Trinajstić information content (AvgIpc) is 3.01. The van der Waals surface area contributed by atoms with E-state index in [4.69, 9.17) is 4.74 Å². The number of rotatable bonds is 5. The highest BCUT2D eigenvalue weighted by atomic mass is 32.2. The van der Waals surface area contributed by atoms with Crippen molar-refractivity contribution in [2.24, 2.45) is 10.1 Å². The fraction of sp³-hybridized carbons (Fsp3) is 0.250. The van der Waals surface area contributed by atoms with E-state index < -0.39 is 0 Å². The highest BCUT2D eigenvalue weighted by Gasteiger charge is 2.28. The number of thioether (sulfide) groups is 1. The first-order chi connectivity index (χ1) is 13.0. The maximum Gasteiger partial charge on any atom is 0.259 e. The van der Waals surface area contributed by atoms with Crippen LogP contribution in [0.5, 0.6) is 11.5 Å². The molecule has 0 spiro atoms. The first kappa shape index (κ1) is 19.0. The fourth-order valence-electron chi connectivity index (χ4n) is 2.49. The van der Waals surface area contributed by atoms with E-state index in [1.54, 1.807) is 18.3 Å². The highest BCUT2D eigenvalue weighted by Crippen LogP contribution is 2.27. The third-order valence-electron chi connectivity index (χ3n) is 4.05. The Bertz CT molecular complexity index is 892. The number of nitrogens with zero attached hydrogens (tertiary/aromatic N) is 3. The van der Waals surface area contributed by atoms with Gasteiger partial charge in [0, 0.05) is 0 Å². The summed E-state index contributed by atoms with van der Waals surface area (Å²) in [6.07, 6.45) is 1.54. The number of methoxy groups -OCH3 is 1. The molecule has 0 aromatic heterocycles. The molecular formula is C20H21N3O3S. The monoisotopic (exact) mass is 383 g/mol. The van der Waals surface area contributed by atoms with Gasteiger partial charge in [-0.05, 0) is 47.4 Å². The van der Waals surface area contributed by atoms with Gasteiger partial charge in [0.15, 0.2) is 16.7 Å². The van der Waals surface area contributed by atoms with Gasteiger partial charge in [0.25, 0.3) is 5.91 Å². The van der Waals surface area contributed by atoms with Crippen LogP contribution in [0.1, 0.15) is 30.9 Å². The molecule has 7 heteroatoms. The minimum Gasteiger partial charge on any atom is -0.504 e. The normalized spacial score (nSPS) is 16.1. The summed E-state index contributed by atoms with van der Waals surface area (Å²) in [5.74, 6) is 1.03. The number of phenols is 1. The van der Waals surface area contributed by atoms with Crippen LogP contribution in [-0.2, 0) is 4.79 Å². The Labute approximate surface area is 162 Å². The molecule has 0 bridgehead atoms. The summed E-state index contributed by atoms with van der Waals surface area (Å²) in [5, 5.41) is 15.8. The second-order valence-electron chi connectivity index (χ2n) is 6.31. The number of amides is 1. The number of hydrogen-bond donors (Lipinski definition) is 1. The zero-order valence-corrected chi connectivity index (χ0v) is 16.2.